The van der Waals surface area contributed by atoms with Gasteiger partial charge in [0.05, 0.1) is 24.0 Å². The molecule has 194 valence electrons. The minimum atomic E-state index is -0.284. The van der Waals surface area contributed by atoms with Gasteiger partial charge in [-0.05, 0) is 54.4 Å². The summed E-state index contributed by atoms with van der Waals surface area (Å²) in [6, 6.07) is 22.8. The van der Waals surface area contributed by atoms with Gasteiger partial charge in [-0.3, -0.25) is 4.79 Å². The van der Waals surface area contributed by atoms with Crippen LogP contribution in [0.25, 0.3) is 22.2 Å². The molecule has 0 aliphatic rings. The van der Waals surface area contributed by atoms with E-state index in [0.717, 1.165) is 52.0 Å². The average Bonchev–Trinajstić information content (AvgIpc) is 3.21. The van der Waals surface area contributed by atoms with E-state index >= 15 is 0 Å². The van der Waals surface area contributed by atoms with E-state index in [2.05, 4.69) is 29.7 Å². The number of amides is 1. The van der Waals surface area contributed by atoms with Gasteiger partial charge in [-0.25, -0.2) is 4.39 Å². The molecule has 5 heteroatoms. The van der Waals surface area contributed by atoms with Crippen LogP contribution in [0.4, 0.5) is 10.1 Å². The first kappa shape index (κ1) is 26.5. The van der Waals surface area contributed by atoms with Crippen molar-refractivity contribution >= 4 is 22.5 Å². The van der Waals surface area contributed by atoms with E-state index in [1.54, 1.807) is 26.2 Å². The highest BCUT2D eigenvalue weighted by Gasteiger charge is 2.26. The zero-order valence-corrected chi connectivity index (χ0v) is 22.2. The number of fused-ring (bicyclic) bond motifs is 1. The normalized spacial score (nSPS) is 11.1. The Balaban J connectivity index is 1.88. The molecule has 1 amide bonds. The molecule has 0 N–H and O–H groups in total. The fourth-order valence-electron chi connectivity index (χ4n) is 5.02. The minimum absolute atomic E-state index is 0.00139. The fourth-order valence-corrected chi connectivity index (χ4v) is 5.02. The Morgan fingerprint density at radius 1 is 0.919 bits per heavy atom. The third-order valence-electron chi connectivity index (χ3n) is 6.93. The minimum Gasteiger partial charge on any atom is -0.497 e. The van der Waals surface area contributed by atoms with Crippen molar-refractivity contribution in [1.29, 1.82) is 0 Å². The molecule has 4 rings (SSSR count). The largest absolute Gasteiger partial charge is 0.497 e. The molecule has 4 aromatic rings. The summed E-state index contributed by atoms with van der Waals surface area (Å²) in [6.07, 6.45) is 6.88. The molecule has 1 heterocycles. The zero-order valence-electron chi connectivity index (χ0n) is 22.2. The predicted molar refractivity (Wildman–Crippen MR) is 151 cm³/mol. The maximum Gasteiger partial charge on any atom is 0.223 e. The van der Waals surface area contributed by atoms with Crippen LogP contribution < -0.4 is 9.64 Å². The van der Waals surface area contributed by atoms with Crippen molar-refractivity contribution in [1.82, 2.24) is 4.57 Å². The van der Waals surface area contributed by atoms with Crippen LogP contribution in [0.3, 0.4) is 0 Å². The molecule has 37 heavy (non-hydrogen) atoms. The van der Waals surface area contributed by atoms with Crippen LogP contribution in [-0.4, -0.2) is 24.1 Å². The number of anilines is 1. The van der Waals surface area contributed by atoms with Crippen LogP contribution in [0.15, 0.2) is 72.8 Å². The van der Waals surface area contributed by atoms with Crippen molar-refractivity contribution in [3.05, 3.63) is 84.2 Å². The number of rotatable bonds is 12. The molecule has 0 saturated carbocycles. The quantitative estimate of drug-likeness (QED) is 0.184. The van der Waals surface area contributed by atoms with Crippen LogP contribution in [0.1, 0.15) is 57.9 Å². The van der Waals surface area contributed by atoms with E-state index in [0.29, 0.717) is 13.1 Å². The Hall–Kier alpha value is -3.60. The fraction of sp³-hybridized carbons (Fsp3) is 0.344. The number of aromatic nitrogens is 1. The SMILES string of the molecule is CCCCCCCCN(C(C)=O)c1c(-c2ccc(F)cc2)n(Cc2ccccc2)c2ccc(OC)cc12. The molecule has 0 atom stereocenters. The van der Waals surface area contributed by atoms with Crippen LogP contribution >= 0.6 is 0 Å². The maximum atomic E-state index is 13.9. The highest BCUT2D eigenvalue weighted by atomic mass is 19.1. The lowest BCUT2D eigenvalue weighted by Crippen LogP contribution is -2.30. The van der Waals surface area contributed by atoms with Gasteiger partial charge >= 0.3 is 0 Å². The first-order valence-corrected chi connectivity index (χ1v) is 13.3. The number of carbonyl (C=O) groups excluding carboxylic acids is 1. The van der Waals surface area contributed by atoms with Crippen LogP contribution in [0.2, 0.25) is 0 Å². The third-order valence-corrected chi connectivity index (χ3v) is 6.93. The lowest BCUT2D eigenvalue weighted by Gasteiger charge is -2.23. The molecule has 1 aromatic heterocycles. The summed E-state index contributed by atoms with van der Waals surface area (Å²) in [5, 5.41) is 0.954. The van der Waals surface area contributed by atoms with Gasteiger partial charge in [0.25, 0.3) is 0 Å². The summed E-state index contributed by atoms with van der Waals surface area (Å²) in [5.74, 6) is 0.450. The number of benzene rings is 3. The standard InChI is InChI=1S/C32H37FN2O2/c1-4-5-6-7-8-12-21-34(24(2)36)32-29-22-28(37-3)19-20-30(29)35(23-25-13-10-9-11-14-25)31(32)26-15-17-27(33)18-16-26/h9-11,13-20,22H,4-8,12,21,23H2,1-3H3. The zero-order chi connectivity index (χ0) is 26.2. The number of halogens is 1. The topological polar surface area (TPSA) is 34.5 Å². The number of ether oxygens (including phenoxy) is 1. The van der Waals surface area contributed by atoms with Gasteiger partial charge in [-0.2, -0.15) is 0 Å². The molecular weight excluding hydrogens is 463 g/mol. The van der Waals surface area contributed by atoms with E-state index in [4.69, 9.17) is 4.74 Å². The second-order valence-electron chi connectivity index (χ2n) is 9.60. The highest BCUT2D eigenvalue weighted by molar-refractivity contribution is 6.09. The molecule has 0 bridgehead atoms. The van der Waals surface area contributed by atoms with Crippen LogP contribution in [0, 0.1) is 5.82 Å². The Labute approximate surface area is 219 Å². The Kier molecular flexibility index (Phi) is 8.99. The summed E-state index contributed by atoms with van der Waals surface area (Å²) in [5.41, 5.74) is 4.80. The Morgan fingerprint density at radius 2 is 1.62 bits per heavy atom. The Morgan fingerprint density at radius 3 is 2.30 bits per heavy atom. The molecule has 0 spiro atoms. The van der Waals surface area contributed by atoms with E-state index in [9.17, 15) is 9.18 Å². The summed E-state index contributed by atoms with van der Waals surface area (Å²) >= 11 is 0. The molecule has 0 aliphatic heterocycles. The number of hydrogen-bond acceptors (Lipinski definition) is 2. The lowest BCUT2D eigenvalue weighted by molar-refractivity contribution is -0.116. The number of methoxy groups -OCH3 is 1. The van der Waals surface area contributed by atoms with Gasteiger partial charge in [0.2, 0.25) is 5.91 Å². The van der Waals surface area contributed by atoms with E-state index in [1.807, 2.05) is 35.2 Å². The van der Waals surface area contributed by atoms with Crippen LogP contribution in [0.5, 0.6) is 5.75 Å². The molecular formula is C32H37FN2O2. The molecule has 0 aliphatic carbocycles. The van der Waals surface area contributed by atoms with E-state index in [-0.39, 0.29) is 11.7 Å². The van der Waals surface area contributed by atoms with Crippen molar-refractivity contribution in [2.24, 2.45) is 0 Å². The van der Waals surface area contributed by atoms with Gasteiger partial charge < -0.3 is 14.2 Å². The molecule has 0 fully saturated rings. The summed E-state index contributed by atoms with van der Waals surface area (Å²) < 4.78 is 21.8. The summed E-state index contributed by atoms with van der Waals surface area (Å²) in [7, 11) is 1.65. The summed E-state index contributed by atoms with van der Waals surface area (Å²) in [4.78, 5) is 15.0. The van der Waals surface area contributed by atoms with Gasteiger partial charge in [-0.1, -0.05) is 69.4 Å². The number of unbranched alkanes of at least 4 members (excludes halogenated alkanes) is 5. The molecule has 0 radical (unpaired) electrons. The van der Waals surface area contributed by atoms with Gasteiger partial charge in [0, 0.05) is 31.0 Å². The van der Waals surface area contributed by atoms with E-state index in [1.165, 1.54) is 37.8 Å². The average molecular weight is 501 g/mol. The van der Waals surface area contributed by atoms with Gasteiger partial charge in [0.15, 0.2) is 0 Å². The van der Waals surface area contributed by atoms with E-state index < -0.39 is 0 Å². The smallest absolute Gasteiger partial charge is 0.223 e. The second kappa shape index (κ2) is 12.6. The van der Waals surface area contributed by atoms with Crippen molar-refractivity contribution in [3.8, 4) is 17.0 Å². The number of nitrogens with zero attached hydrogens (tertiary/aromatic N) is 2. The maximum absolute atomic E-state index is 13.9. The Bertz CT molecular complexity index is 1310. The summed E-state index contributed by atoms with van der Waals surface area (Å²) in [6.45, 7) is 5.11. The molecule has 0 saturated heterocycles. The van der Waals surface area contributed by atoms with Gasteiger partial charge in [-0.15, -0.1) is 0 Å². The number of hydrogen-bond donors (Lipinski definition) is 0. The first-order valence-electron chi connectivity index (χ1n) is 13.3. The van der Waals surface area contributed by atoms with Crippen molar-refractivity contribution in [2.45, 2.75) is 58.9 Å². The highest BCUT2D eigenvalue weighted by Crippen LogP contribution is 2.43. The second-order valence-corrected chi connectivity index (χ2v) is 9.60. The lowest BCUT2D eigenvalue weighted by atomic mass is 10.1. The van der Waals surface area contributed by atoms with Crippen LogP contribution in [-0.2, 0) is 11.3 Å². The molecule has 3 aromatic carbocycles. The monoisotopic (exact) mass is 500 g/mol. The third kappa shape index (κ3) is 6.22. The van der Waals surface area contributed by atoms with Gasteiger partial charge in [0.1, 0.15) is 11.6 Å². The molecule has 0 unspecified atom stereocenters. The predicted octanol–water partition coefficient (Wildman–Crippen LogP) is 8.22. The number of carbonyl (C=O) groups is 1. The first-order chi connectivity index (χ1) is 18.0. The molecule has 4 nitrogen and oxygen atoms in total. The van der Waals surface area contributed by atoms with Crippen molar-refractivity contribution < 1.29 is 13.9 Å². The van der Waals surface area contributed by atoms with Crippen molar-refractivity contribution in [2.75, 3.05) is 18.6 Å². The van der Waals surface area contributed by atoms with Crippen molar-refractivity contribution in [3.63, 3.8) is 0 Å².